The average Bonchev–Trinajstić information content (AvgIpc) is 3.01. The van der Waals surface area contributed by atoms with Gasteiger partial charge >= 0.3 is 34.7 Å². The molecule has 12 nitrogen and oxygen atoms in total. The average molecular weight is 733 g/mol. The summed E-state index contributed by atoms with van der Waals surface area (Å²) in [7, 11) is -5.59. The van der Waals surface area contributed by atoms with Gasteiger partial charge in [-0.15, -0.1) is 13.2 Å². The molecule has 254 valence electrons. The summed E-state index contributed by atoms with van der Waals surface area (Å²) in [6, 6.07) is 8.41. The molecule has 0 amide bonds. The lowest BCUT2D eigenvalue weighted by molar-refractivity contribution is 0.0704. The van der Waals surface area contributed by atoms with Crippen LogP contribution in [0, 0.1) is 0 Å². The maximum atomic E-state index is 12.6. The number of hydrogen-bond donors (Lipinski definition) is 0. The zero-order chi connectivity index (χ0) is 33.9. The summed E-state index contributed by atoms with van der Waals surface area (Å²) in [5.74, 6) is 0. The molecule has 0 fully saturated rings. The second-order valence-electron chi connectivity index (χ2n) is 9.25. The van der Waals surface area contributed by atoms with Crippen LogP contribution in [0.2, 0.25) is 6.04 Å². The van der Waals surface area contributed by atoms with E-state index >= 15 is 0 Å². The number of aromatic nitrogens is 3. The minimum atomic E-state index is -2.88. The Labute approximate surface area is 277 Å². The molecule has 1 aromatic heterocycles. The topological polar surface area (TPSA) is 121 Å². The van der Waals surface area contributed by atoms with Crippen molar-refractivity contribution in [3.63, 3.8) is 0 Å². The fourth-order valence-electron chi connectivity index (χ4n) is 4.50. The Balaban J connectivity index is 0.000000507. The summed E-state index contributed by atoms with van der Waals surface area (Å²) >= 11 is 3.42. The van der Waals surface area contributed by atoms with E-state index in [-0.39, 0.29) is 19.6 Å². The molecule has 0 unspecified atom stereocenters. The number of allylic oxidation sites excluding steroid dienone is 2. The molecule has 0 aliphatic rings. The van der Waals surface area contributed by atoms with E-state index in [0.29, 0.717) is 52.1 Å². The minimum Gasteiger partial charge on any atom is -0.374 e. The van der Waals surface area contributed by atoms with Crippen LogP contribution >= 0.6 is 15.9 Å². The third-order valence-corrected chi connectivity index (χ3v) is 12.9. The highest BCUT2D eigenvalue weighted by Gasteiger charge is 2.43. The molecule has 1 heterocycles. The van der Waals surface area contributed by atoms with Gasteiger partial charge in [-0.25, -0.2) is 28.1 Å². The van der Waals surface area contributed by atoms with Gasteiger partial charge in [0.1, 0.15) is 0 Å². The molecule has 0 atom stereocenters. The second-order valence-corrected chi connectivity index (χ2v) is 15.4. The molecule has 0 aliphatic heterocycles. The predicted octanol–water partition coefficient (Wildman–Crippen LogP) is 3.69. The van der Waals surface area contributed by atoms with Gasteiger partial charge in [0.25, 0.3) is 0 Å². The van der Waals surface area contributed by atoms with E-state index in [2.05, 4.69) is 29.1 Å². The lowest BCUT2D eigenvalue weighted by Gasteiger charge is -2.28. The summed E-state index contributed by atoms with van der Waals surface area (Å²) < 4.78 is 38.9. The van der Waals surface area contributed by atoms with Crippen LogP contribution in [-0.4, -0.2) is 71.0 Å². The second kappa shape index (κ2) is 21.6. The first-order valence-electron chi connectivity index (χ1n) is 15.3. The SMILES string of the molecule is C=CCn1c(=O)n(CC=C)c(=O)n(CCC[Si](OCC)(OCC)OCC)c1=O.CCO[Si](OCC)(OCC)c1ccc(Br)cc1. The third kappa shape index (κ3) is 11.8. The lowest BCUT2D eigenvalue weighted by atomic mass is 10.4. The van der Waals surface area contributed by atoms with Crippen molar-refractivity contribution in [3.8, 4) is 0 Å². The van der Waals surface area contributed by atoms with Crippen LogP contribution < -0.4 is 22.3 Å². The van der Waals surface area contributed by atoms with Crippen molar-refractivity contribution in [1.29, 1.82) is 0 Å². The minimum absolute atomic E-state index is 0.0185. The van der Waals surface area contributed by atoms with Crippen LogP contribution in [0.5, 0.6) is 0 Å². The van der Waals surface area contributed by atoms with E-state index in [1.165, 1.54) is 12.2 Å². The zero-order valence-electron chi connectivity index (χ0n) is 27.6. The van der Waals surface area contributed by atoms with Gasteiger partial charge in [0.2, 0.25) is 0 Å². The first-order chi connectivity index (χ1) is 21.6. The molecule has 2 rings (SSSR count). The molecule has 0 N–H and O–H groups in total. The van der Waals surface area contributed by atoms with Gasteiger partial charge in [-0.1, -0.05) is 40.2 Å². The van der Waals surface area contributed by atoms with Crippen molar-refractivity contribution in [3.05, 3.63) is 85.5 Å². The fourth-order valence-corrected chi connectivity index (χ4v) is 9.82. The van der Waals surface area contributed by atoms with Gasteiger partial charge in [-0.05, 0) is 60.1 Å². The van der Waals surface area contributed by atoms with E-state index in [9.17, 15) is 14.4 Å². The number of nitrogens with zero attached hydrogens (tertiary/aromatic N) is 3. The molecular weight excluding hydrogens is 682 g/mol. The smallest absolute Gasteiger partial charge is 0.374 e. The molecule has 0 bridgehead atoms. The predicted molar refractivity (Wildman–Crippen MR) is 184 cm³/mol. The van der Waals surface area contributed by atoms with Crippen molar-refractivity contribution in [2.45, 2.75) is 73.6 Å². The van der Waals surface area contributed by atoms with Crippen molar-refractivity contribution in [1.82, 2.24) is 13.7 Å². The van der Waals surface area contributed by atoms with E-state index in [1.807, 2.05) is 65.8 Å². The van der Waals surface area contributed by atoms with Crippen LogP contribution in [0.4, 0.5) is 0 Å². The third-order valence-electron chi connectivity index (χ3n) is 6.17. The Morgan fingerprint density at radius 2 is 1.02 bits per heavy atom. The lowest BCUT2D eigenvalue weighted by Crippen LogP contribution is -2.56. The fraction of sp³-hybridized carbons (Fsp3) is 0.567. The zero-order valence-corrected chi connectivity index (χ0v) is 31.1. The summed E-state index contributed by atoms with van der Waals surface area (Å²) in [6.45, 7) is 21.8. The van der Waals surface area contributed by atoms with Crippen LogP contribution in [0.3, 0.4) is 0 Å². The van der Waals surface area contributed by atoms with Gasteiger partial charge in [-0.2, -0.15) is 0 Å². The molecule has 0 aliphatic carbocycles. The molecule has 45 heavy (non-hydrogen) atoms. The number of benzene rings is 1. The summed E-state index contributed by atoms with van der Waals surface area (Å²) in [4.78, 5) is 37.7. The molecule has 0 saturated heterocycles. The van der Waals surface area contributed by atoms with Crippen molar-refractivity contribution in [2.24, 2.45) is 0 Å². The Morgan fingerprint density at radius 1 is 0.644 bits per heavy atom. The molecule has 2 aromatic rings. The maximum absolute atomic E-state index is 12.6. The van der Waals surface area contributed by atoms with E-state index in [4.69, 9.17) is 26.6 Å². The normalized spacial score (nSPS) is 11.6. The Hall–Kier alpha value is -2.22. The molecule has 0 spiro atoms. The molecule has 0 saturated carbocycles. The van der Waals surface area contributed by atoms with E-state index < -0.39 is 34.7 Å². The van der Waals surface area contributed by atoms with Crippen LogP contribution in [0.15, 0.2) is 68.4 Å². The van der Waals surface area contributed by atoms with Gasteiger partial charge in [0, 0.05) is 61.9 Å². The number of rotatable bonds is 21. The van der Waals surface area contributed by atoms with E-state index in [1.54, 1.807) is 0 Å². The van der Waals surface area contributed by atoms with Crippen molar-refractivity contribution < 1.29 is 26.6 Å². The largest absolute Gasteiger partial charge is 0.537 e. The summed E-state index contributed by atoms with van der Waals surface area (Å²) in [5, 5.41) is 1.01. The van der Waals surface area contributed by atoms with Crippen molar-refractivity contribution in [2.75, 3.05) is 39.6 Å². The molecular formula is C30H50BrN3O9Si2. The molecule has 1 aromatic carbocycles. The van der Waals surface area contributed by atoms with Crippen molar-refractivity contribution >= 4 is 38.7 Å². The number of halogens is 1. The Bertz CT molecular complexity index is 1260. The standard InChI is InChI=1S/C18H31N3O6Si.C12H19BrO3Si/c1-6-12-19-16(22)20(13-7-2)18(24)21(17(19)23)14-11-15-28(25-8-3,26-9-4)27-10-5;1-4-14-17(15-5-2,16-6-3)12-9-7-11(13)8-10-12/h6-7H,1-2,8-15H2,3-5H3;7-10H,4-6H2,1-3H3. The first kappa shape index (κ1) is 40.8. The van der Waals surface area contributed by atoms with E-state index in [0.717, 1.165) is 23.4 Å². The van der Waals surface area contributed by atoms with Gasteiger partial charge in [0.15, 0.2) is 0 Å². The van der Waals surface area contributed by atoms with Crippen LogP contribution in [0.1, 0.15) is 48.0 Å². The summed E-state index contributed by atoms with van der Waals surface area (Å²) in [6.07, 6.45) is 3.31. The molecule has 15 heteroatoms. The highest BCUT2D eigenvalue weighted by Crippen LogP contribution is 2.18. The maximum Gasteiger partial charge on any atom is 0.537 e. The van der Waals surface area contributed by atoms with Crippen LogP contribution in [-0.2, 0) is 46.2 Å². The summed E-state index contributed by atoms with van der Waals surface area (Å²) in [5.41, 5.74) is -1.99. The monoisotopic (exact) mass is 731 g/mol. The van der Waals surface area contributed by atoms with Crippen LogP contribution in [0.25, 0.3) is 0 Å². The Morgan fingerprint density at radius 3 is 1.38 bits per heavy atom. The number of hydrogen-bond acceptors (Lipinski definition) is 9. The molecule has 0 radical (unpaired) electrons. The first-order valence-corrected chi connectivity index (χ1v) is 19.8. The van der Waals surface area contributed by atoms with Gasteiger partial charge in [-0.3, -0.25) is 0 Å². The quantitative estimate of drug-likeness (QED) is 0.140. The highest BCUT2D eigenvalue weighted by atomic mass is 79.9. The van der Waals surface area contributed by atoms with Gasteiger partial charge in [0.05, 0.1) is 13.1 Å². The van der Waals surface area contributed by atoms with Gasteiger partial charge < -0.3 is 26.6 Å². The Kier molecular flexibility index (Phi) is 19.5. The highest BCUT2D eigenvalue weighted by molar-refractivity contribution is 9.10.